The Hall–Kier alpha value is -1.57. The number of hydrogen-bond acceptors (Lipinski definition) is 2. The lowest BCUT2D eigenvalue weighted by atomic mass is 9.81. The van der Waals surface area contributed by atoms with Crippen molar-refractivity contribution < 1.29 is 9.53 Å². The van der Waals surface area contributed by atoms with Gasteiger partial charge in [0.05, 0.1) is 0 Å². The minimum atomic E-state index is -0.200. The third-order valence-corrected chi connectivity index (χ3v) is 5.36. The quantitative estimate of drug-likeness (QED) is 0.475. The lowest BCUT2D eigenvalue weighted by Gasteiger charge is -2.27. The maximum absolute atomic E-state index is 11.7. The molecule has 2 rings (SSSR count). The average molecular weight is 328 g/mol. The zero-order valence-corrected chi connectivity index (χ0v) is 15.9. The number of hydrogen-bond donors (Lipinski definition) is 0. The lowest BCUT2D eigenvalue weighted by Crippen LogP contribution is -2.24. The third kappa shape index (κ3) is 4.49. The van der Waals surface area contributed by atoms with Crippen LogP contribution in [-0.4, -0.2) is 12.1 Å². The second kappa shape index (κ2) is 8.00. The van der Waals surface area contributed by atoms with Crippen molar-refractivity contribution in [2.75, 3.05) is 0 Å². The Morgan fingerprint density at radius 2 is 2.00 bits per heavy atom. The first-order valence-electron chi connectivity index (χ1n) is 9.18. The van der Waals surface area contributed by atoms with Crippen LogP contribution in [0.5, 0.6) is 0 Å². The average Bonchev–Trinajstić information content (AvgIpc) is 2.82. The van der Waals surface area contributed by atoms with Crippen molar-refractivity contribution >= 4 is 5.97 Å². The number of allylic oxidation sites excluding steroid dienone is 5. The molecule has 24 heavy (non-hydrogen) atoms. The smallest absolute Gasteiger partial charge is 0.303 e. The van der Waals surface area contributed by atoms with E-state index in [-0.39, 0.29) is 12.1 Å². The molecule has 0 saturated carbocycles. The molecule has 0 amide bonds. The minimum Gasteiger partial charge on any atom is -0.458 e. The van der Waals surface area contributed by atoms with Gasteiger partial charge in [-0.15, -0.1) is 0 Å². The van der Waals surface area contributed by atoms with E-state index in [1.165, 1.54) is 29.2 Å². The van der Waals surface area contributed by atoms with Gasteiger partial charge in [-0.3, -0.25) is 4.79 Å². The van der Waals surface area contributed by atoms with Crippen LogP contribution in [-0.2, 0) is 9.53 Å². The van der Waals surface area contributed by atoms with Gasteiger partial charge in [0.15, 0.2) is 0 Å². The summed E-state index contributed by atoms with van der Waals surface area (Å²) in [6.07, 6.45) is 10.8. The molecule has 0 spiro atoms. The molecule has 0 radical (unpaired) electrons. The summed E-state index contributed by atoms with van der Waals surface area (Å²) in [4.78, 5) is 11.7. The summed E-state index contributed by atoms with van der Waals surface area (Å²) in [6, 6.07) is 0. The summed E-state index contributed by atoms with van der Waals surface area (Å²) in [5.74, 6) is 1.04. The Morgan fingerprint density at radius 3 is 2.62 bits per heavy atom. The highest BCUT2D eigenvalue weighted by atomic mass is 16.5. The van der Waals surface area contributed by atoms with Crippen molar-refractivity contribution in [3.8, 4) is 0 Å². The van der Waals surface area contributed by atoms with E-state index in [9.17, 15) is 4.79 Å². The number of rotatable bonds is 2. The van der Waals surface area contributed by atoms with Crippen molar-refractivity contribution in [2.24, 2.45) is 17.8 Å². The van der Waals surface area contributed by atoms with Crippen molar-refractivity contribution in [1.82, 2.24) is 0 Å². The molecular weight excluding hydrogens is 296 g/mol. The third-order valence-electron chi connectivity index (χ3n) is 5.36. The van der Waals surface area contributed by atoms with E-state index in [4.69, 9.17) is 4.74 Å². The number of esters is 1. The normalized spacial score (nSPS) is 32.8. The molecule has 0 unspecified atom stereocenters. The number of carbonyl (C=O) groups is 1. The predicted octanol–water partition coefficient (Wildman–Crippen LogP) is 5.77. The van der Waals surface area contributed by atoms with Crippen molar-refractivity contribution in [1.29, 1.82) is 0 Å². The summed E-state index contributed by atoms with van der Waals surface area (Å²) in [5, 5.41) is 0. The highest BCUT2D eigenvalue weighted by Gasteiger charge is 2.30. The Morgan fingerprint density at radius 1 is 1.29 bits per heavy atom. The van der Waals surface area contributed by atoms with E-state index in [1.54, 1.807) is 0 Å². The van der Waals surface area contributed by atoms with Crippen LogP contribution in [0, 0.1) is 17.8 Å². The maximum Gasteiger partial charge on any atom is 0.303 e. The van der Waals surface area contributed by atoms with Crippen LogP contribution in [0.4, 0.5) is 0 Å². The van der Waals surface area contributed by atoms with E-state index >= 15 is 0 Å². The van der Waals surface area contributed by atoms with Crippen molar-refractivity contribution in [3.05, 3.63) is 47.1 Å². The first-order valence-corrected chi connectivity index (χ1v) is 9.18. The molecule has 3 atom stereocenters. The van der Waals surface area contributed by atoms with Gasteiger partial charge in [-0.2, -0.15) is 0 Å². The van der Waals surface area contributed by atoms with E-state index in [1.807, 2.05) is 0 Å². The fourth-order valence-electron chi connectivity index (χ4n) is 3.95. The van der Waals surface area contributed by atoms with Gasteiger partial charge in [0.2, 0.25) is 0 Å². The molecule has 0 aromatic rings. The van der Waals surface area contributed by atoms with Crippen LogP contribution in [0.25, 0.3) is 0 Å². The van der Waals surface area contributed by atoms with Crippen LogP contribution in [0.2, 0.25) is 0 Å². The topological polar surface area (TPSA) is 26.3 Å². The lowest BCUT2D eigenvalue weighted by molar-refractivity contribution is -0.144. The van der Waals surface area contributed by atoms with Crippen molar-refractivity contribution in [2.45, 2.75) is 66.4 Å². The Balaban J connectivity index is 2.47. The Bertz CT molecular complexity index is 589. The largest absolute Gasteiger partial charge is 0.458 e. The molecular formula is C22H32O2. The molecule has 0 saturated heterocycles. The van der Waals surface area contributed by atoms with E-state index < -0.39 is 0 Å². The highest BCUT2D eigenvalue weighted by molar-refractivity contribution is 5.66. The Kier molecular flexibility index (Phi) is 6.26. The summed E-state index contributed by atoms with van der Waals surface area (Å²) in [7, 11) is 0. The predicted molar refractivity (Wildman–Crippen MR) is 101 cm³/mol. The molecule has 2 aliphatic rings. The van der Waals surface area contributed by atoms with Crippen LogP contribution in [0.1, 0.15) is 60.3 Å². The molecule has 0 aromatic carbocycles. The van der Waals surface area contributed by atoms with Crippen molar-refractivity contribution in [3.63, 3.8) is 0 Å². The van der Waals surface area contributed by atoms with Crippen LogP contribution >= 0.6 is 0 Å². The molecule has 2 aliphatic carbocycles. The van der Waals surface area contributed by atoms with Gasteiger partial charge in [0.25, 0.3) is 0 Å². The minimum absolute atomic E-state index is 0.154. The zero-order valence-electron chi connectivity index (χ0n) is 15.9. The number of ether oxygens (including phenoxy) is 1. The molecule has 2 nitrogen and oxygen atoms in total. The molecule has 2 heteroatoms. The van der Waals surface area contributed by atoms with E-state index in [2.05, 4.69) is 52.5 Å². The van der Waals surface area contributed by atoms with Gasteiger partial charge < -0.3 is 4.74 Å². The van der Waals surface area contributed by atoms with Gasteiger partial charge in [0, 0.05) is 19.3 Å². The van der Waals surface area contributed by atoms with E-state index in [0.29, 0.717) is 17.8 Å². The van der Waals surface area contributed by atoms with Gasteiger partial charge >= 0.3 is 5.97 Å². The van der Waals surface area contributed by atoms with E-state index in [0.717, 1.165) is 25.7 Å². The number of fused-ring (bicyclic) bond motifs is 1. The molecule has 0 aromatic heterocycles. The second-order valence-electron chi connectivity index (χ2n) is 7.69. The fraction of sp³-hybridized carbons (Fsp3) is 0.591. The summed E-state index contributed by atoms with van der Waals surface area (Å²) < 4.78 is 5.73. The number of carbonyl (C=O) groups excluding carboxylic acids is 1. The van der Waals surface area contributed by atoms with Gasteiger partial charge in [-0.05, 0) is 50.5 Å². The maximum atomic E-state index is 11.7. The van der Waals surface area contributed by atoms with Gasteiger partial charge in [-0.1, -0.05) is 55.4 Å². The SMILES string of the molecule is C=C1CC/C=C(\C)C[C@H](OC(C)=O)/C(C(C)C)=C\[C@@H]2C(C)=CC[C@@H]12. The standard InChI is InChI=1S/C22H32O2/c1-14(2)20-13-21-17(5)10-11-19(21)16(4)9-7-8-15(3)12-22(20)24-18(6)23/h8,10,13-14,19,21-22H,4,7,9,11-12H2,1-3,5-6H3/b15-8+,20-13-/t19-,21+,22-/m0/s1. The molecule has 132 valence electrons. The van der Waals surface area contributed by atoms with Gasteiger partial charge in [-0.25, -0.2) is 0 Å². The Labute approximate surface area is 147 Å². The first-order chi connectivity index (χ1) is 11.3. The first kappa shape index (κ1) is 18.8. The monoisotopic (exact) mass is 328 g/mol. The highest BCUT2D eigenvalue weighted by Crippen LogP contribution is 2.41. The molecule has 0 N–H and O–H groups in total. The van der Waals surface area contributed by atoms with Gasteiger partial charge in [0.1, 0.15) is 6.10 Å². The molecule has 0 bridgehead atoms. The van der Waals surface area contributed by atoms with Crippen LogP contribution < -0.4 is 0 Å². The zero-order chi connectivity index (χ0) is 17.9. The second-order valence-corrected chi connectivity index (χ2v) is 7.69. The van der Waals surface area contributed by atoms with Crippen LogP contribution in [0.3, 0.4) is 0 Å². The summed E-state index contributed by atoms with van der Waals surface area (Å²) in [5.41, 5.74) is 5.31. The summed E-state index contributed by atoms with van der Waals surface area (Å²) >= 11 is 0. The summed E-state index contributed by atoms with van der Waals surface area (Å²) in [6.45, 7) is 14.6. The molecule has 0 fully saturated rings. The molecule has 0 aliphatic heterocycles. The van der Waals surface area contributed by atoms with Crippen LogP contribution in [0.15, 0.2) is 47.1 Å². The molecule has 0 heterocycles. The fourth-order valence-corrected chi connectivity index (χ4v) is 3.95.